The number of carboxylic acids is 1. The van der Waals surface area contributed by atoms with Crippen molar-refractivity contribution in [1.82, 2.24) is 5.09 Å². The summed E-state index contributed by atoms with van der Waals surface area (Å²) in [7, 11) is -2.35. The molecule has 0 saturated heterocycles. The first-order chi connectivity index (χ1) is 10.9. The number of carbonyl (C=O) groups is 1. The molecular formula is C16H18NO5P. The van der Waals surface area contributed by atoms with Gasteiger partial charge in [0.2, 0.25) is 0 Å². The lowest BCUT2D eigenvalue weighted by Crippen LogP contribution is -2.26. The van der Waals surface area contributed by atoms with E-state index in [4.69, 9.17) is 4.74 Å². The van der Waals surface area contributed by atoms with Gasteiger partial charge in [-0.3, -0.25) is 9.36 Å². The fourth-order valence-corrected chi connectivity index (χ4v) is 3.60. The standard InChI is InChI=1S/C16H18NO5P/c1-22-14-9-7-12(8-10-14)11-23(20,21)17-15(16(18)19)13-5-3-2-4-6-13/h2-10,15H,11H2,1H3,(H,18,19)(H2,17,20,21). The van der Waals surface area contributed by atoms with Crippen molar-refractivity contribution in [2.75, 3.05) is 7.11 Å². The second kappa shape index (κ2) is 7.42. The number of benzene rings is 2. The molecule has 2 aromatic rings. The van der Waals surface area contributed by atoms with Crippen molar-refractivity contribution >= 4 is 13.5 Å². The highest BCUT2D eigenvalue weighted by molar-refractivity contribution is 7.55. The third kappa shape index (κ3) is 4.93. The zero-order chi connectivity index (χ0) is 16.9. The largest absolute Gasteiger partial charge is 0.497 e. The molecule has 0 aromatic heterocycles. The molecule has 0 fully saturated rings. The van der Waals surface area contributed by atoms with Crippen LogP contribution < -0.4 is 9.82 Å². The van der Waals surface area contributed by atoms with E-state index >= 15 is 0 Å². The number of aliphatic carboxylic acids is 1. The number of hydrogen-bond donors (Lipinski definition) is 3. The molecule has 0 bridgehead atoms. The minimum atomic E-state index is -3.89. The smallest absolute Gasteiger partial charge is 0.325 e. The predicted octanol–water partition coefficient (Wildman–Crippen LogP) is 2.80. The lowest BCUT2D eigenvalue weighted by molar-refractivity contribution is -0.139. The second-order valence-electron chi connectivity index (χ2n) is 5.02. The molecule has 0 heterocycles. The van der Waals surface area contributed by atoms with Crippen molar-refractivity contribution in [2.45, 2.75) is 12.2 Å². The summed E-state index contributed by atoms with van der Waals surface area (Å²) in [5, 5.41) is 11.7. The van der Waals surface area contributed by atoms with E-state index in [2.05, 4.69) is 5.09 Å². The lowest BCUT2D eigenvalue weighted by Gasteiger charge is -2.19. The van der Waals surface area contributed by atoms with Crippen LogP contribution in [0, 0.1) is 0 Å². The molecule has 0 spiro atoms. The molecule has 0 aliphatic rings. The Bertz CT molecular complexity index is 702. The third-order valence-corrected chi connectivity index (χ3v) is 4.72. The molecule has 122 valence electrons. The summed E-state index contributed by atoms with van der Waals surface area (Å²) in [5.41, 5.74) is 1.03. The minimum absolute atomic E-state index is 0.173. The van der Waals surface area contributed by atoms with E-state index in [1.54, 1.807) is 54.6 Å². The first-order valence-electron chi connectivity index (χ1n) is 6.91. The molecule has 0 aliphatic heterocycles. The first kappa shape index (κ1) is 17.2. The normalized spacial score (nSPS) is 14.7. The molecule has 7 heteroatoms. The Labute approximate surface area is 134 Å². The molecule has 2 aromatic carbocycles. The van der Waals surface area contributed by atoms with Gasteiger partial charge in [0.1, 0.15) is 11.8 Å². The highest BCUT2D eigenvalue weighted by Gasteiger charge is 2.29. The quantitative estimate of drug-likeness (QED) is 0.674. The second-order valence-corrected chi connectivity index (χ2v) is 7.00. The Kier molecular flexibility index (Phi) is 5.55. The minimum Gasteiger partial charge on any atom is -0.497 e. The Morgan fingerprint density at radius 3 is 2.30 bits per heavy atom. The lowest BCUT2D eigenvalue weighted by atomic mass is 10.1. The molecule has 23 heavy (non-hydrogen) atoms. The molecule has 0 aliphatic carbocycles. The molecular weight excluding hydrogens is 317 g/mol. The van der Waals surface area contributed by atoms with Crippen LogP contribution in [0.3, 0.4) is 0 Å². The Morgan fingerprint density at radius 2 is 1.78 bits per heavy atom. The van der Waals surface area contributed by atoms with Gasteiger partial charge in [0.15, 0.2) is 0 Å². The van der Waals surface area contributed by atoms with Crippen molar-refractivity contribution in [2.24, 2.45) is 0 Å². The van der Waals surface area contributed by atoms with E-state index in [0.29, 0.717) is 16.9 Å². The molecule has 2 rings (SSSR count). The molecule has 0 radical (unpaired) electrons. The predicted molar refractivity (Wildman–Crippen MR) is 86.5 cm³/mol. The van der Waals surface area contributed by atoms with Gasteiger partial charge in [-0.1, -0.05) is 42.5 Å². The highest BCUT2D eigenvalue weighted by Crippen LogP contribution is 2.43. The van der Waals surface area contributed by atoms with Crippen LogP contribution in [0.5, 0.6) is 5.75 Å². The maximum absolute atomic E-state index is 12.4. The van der Waals surface area contributed by atoms with Crippen molar-refractivity contribution < 1.29 is 24.1 Å². The van der Waals surface area contributed by atoms with Gasteiger partial charge in [-0.2, -0.15) is 0 Å². The first-order valence-corrected chi connectivity index (χ1v) is 8.76. The fraction of sp³-hybridized carbons (Fsp3) is 0.188. The van der Waals surface area contributed by atoms with Gasteiger partial charge in [0, 0.05) is 0 Å². The molecule has 6 nitrogen and oxygen atoms in total. The topological polar surface area (TPSA) is 95.9 Å². The van der Waals surface area contributed by atoms with Crippen LogP contribution in [0.25, 0.3) is 0 Å². The maximum Gasteiger partial charge on any atom is 0.325 e. The van der Waals surface area contributed by atoms with Crippen molar-refractivity contribution in [3.05, 3.63) is 65.7 Å². The van der Waals surface area contributed by atoms with Gasteiger partial charge in [-0.25, -0.2) is 5.09 Å². The number of hydrogen-bond acceptors (Lipinski definition) is 3. The fourth-order valence-electron chi connectivity index (χ4n) is 2.14. The van der Waals surface area contributed by atoms with Gasteiger partial charge in [-0.15, -0.1) is 0 Å². The van der Waals surface area contributed by atoms with E-state index in [-0.39, 0.29) is 6.16 Å². The number of nitrogens with one attached hydrogen (secondary N) is 1. The van der Waals surface area contributed by atoms with E-state index in [9.17, 15) is 19.4 Å². The average molecular weight is 335 g/mol. The van der Waals surface area contributed by atoms with Crippen LogP contribution in [0.2, 0.25) is 0 Å². The van der Waals surface area contributed by atoms with Crippen LogP contribution in [-0.2, 0) is 15.5 Å². The monoisotopic (exact) mass is 335 g/mol. The van der Waals surface area contributed by atoms with E-state index < -0.39 is 19.5 Å². The summed E-state index contributed by atoms with van der Waals surface area (Å²) >= 11 is 0. The van der Waals surface area contributed by atoms with Crippen LogP contribution in [-0.4, -0.2) is 23.1 Å². The molecule has 2 unspecified atom stereocenters. The van der Waals surface area contributed by atoms with Crippen LogP contribution in [0.1, 0.15) is 17.2 Å². The van der Waals surface area contributed by atoms with Gasteiger partial charge >= 0.3 is 5.97 Å². The zero-order valence-corrected chi connectivity index (χ0v) is 13.4. The number of ether oxygens (including phenoxy) is 1. The SMILES string of the molecule is COc1ccc(CP(=O)(O)NC(C(=O)O)c2ccccc2)cc1. The highest BCUT2D eigenvalue weighted by atomic mass is 31.2. The molecule has 2 atom stereocenters. The van der Waals surface area contributed by atoms with E-state index in [1.807, 2.05) is 0 Å². The van der Waals surface area contributed by atoms with Gasteiger partial charge in [-0.05, 0) is 23.3 Å². The summed E-state index contributed by atoms with van der Waals surface area (Å²) in [6.07, 6.45) is -0.173. The van der Waals surface area contributed by atoms with Gasteiger partial charge in [0.05, 0.1) is 13.3 Å². The molecule has 0 amide bonds. The Morgan fingerprint density at radius 1 is 1.17 bits per heavy atom. The summed E-state index contributed by atoms with van der Waals surface area (Å²) in [4.78, 5) is 21.5. The summed E-state index contributed by atoms with van der Waals surface area (Å²) in [6.45, 7) is 0. The van der Waals surface area contributed by atoms with E-state index in [0.717, 1.165) is 0 Å². The van der Waals surface area contributed by atoms with Crippen LogP contribution >= 0.6 is 7.52 Å². The summed E-state index contributed by atoms with van der Waals surface area (Å²) in [5.74, 6) is -0.567. The maximum atomic E-state index is 12.4. The number of methoxy groups -OCH3 is 1. The van der Waals surface area contributed by atoms with Crippen molar-refractivity contribution in [3.8, 4) is 5.75 Å². The van der Waals surface area contributed by atoms with Gasteiger partial charge in [0.25, 0.3) is 7.52 Å². The molecule has 3 N–H and O–H groups in total. The zero-order valence-electron chi connectivity index (χ0n) is 12.5. The van der Waals surface area contributed by atoms with Crippen molar-refractivity contribution in [3.63, 3.8) is 0 Å². The summed E-state index contributed by atoms with van der Waals surface area (Å²) < 4.78 is 17.4. The van der Waals surface area contributed by atoms with E-state index in [1.165, 1.54) is 7.11 Å². The summed E-state index contributed by atoms with van der Waals surface area (Å²) in [6, 6.07) is 13.8. The Hall–Kier alpha value is -2.14. The number of carboxylic acid groups (broad SMARTS) is 1. The average Bonchev–Trinajstić information content (AvgIpc) is 2.53. The van der Waals surface area contributed by atoms with Crippen LogP contribution in [0.4, 0.5) is 0 Å². The third-order valence-electron chi connectivity index (χ3n) is 3.27. The Balaban J connectivity index is 2.14. The molecule has 0 saturated carbocycles. The van der Waals surface area contributed by atoms with Crippen LogP contribution in [0.15, 0.2) is 54.6 Å². The van der Waals surface area contributed by atoms with Crippen molar-refractivity contribution in [1.29, 1.82) is 0 Å². The number of rotatable bonds is 7. The van der Waals surface area contributed by atoms with Gasteiger partial charge < -0.3 is 14.7 Å².